The number of benzene rings is 1. The molecule has 0 aliphatic carbocycles. The Morgan fingerprint density at radius 3 is 2.89 bits per heavy atom. The van der Waals surface area contributed by atoms with E-state index in [-0.39, 0.29) is 11.1 Å². The molecular weight excluding hydrogens is 260 g/mol. The van der Waals surface area contributed by atoms with Crippen molar-refractivity contribution in [1.29, 1.82) is 0 Å². The lowest BCUT2D eigenvalue weighted by Crippen LogP contribution is -2.49. The third-order valence-electron chi connectivity index (χ3n) is 3.53. The van der Waals surface area contributed by atoms with Gasteiger partial charge in [0.2, 0.25) is 5.91 Å². The number of aliphatic imine (C=N–C) groups is 1. The van der Waals surface area contributed by atoms with E-state index in [1.165, 1.54) is 0 Å². The highest BCUT2D eigenvalue weighted by atomic mass is 32.2. The van der Waals surface area contributed by atoms with Crippen LogP contribution in [0, 0.1) is 0 Å². The Kier molecular flexibility index (Phi) is 2.93. The number of amides is 2. The van der Waals surface area contributed by atoms with Crippen molar-refractivity contribution in [2.24, 2.45) is 4.99 Å². The summed E-state index contributed by atoms with van der Waals surface area (Å²) in [4.78, 5) is 28.3. The second kappa shape index (κ2) is 4.49. The van der Waals surface area contributed by atoms with E-state index in [9.17, 15) is 9.59 Å². The molecule has 0 fully saturated rings. The summed E-state index contributed by atoms with van der Waals surface area (Å²) in [6, 6.07) is 7.51. The first-order valence-corrected chi connectivity index (χ1v) is 7.22. The van der Waals surface area contributed by atoms with Crippen LogP contribution in [-0.2, 0) is 4.79 Å². The fourth-order valence-electron chi connectivity index (χ4n) is 2.56. The smallest absolute Gasteiger partial charge is 0.306 e. The molecule has 1 aromatic carbocycles. The van der Waals surface area contributed by atoms with Crippen molar-refractivity contribution in [3.05, 3.63) is 29.8 Å². The van der Waals surface area contributed by atoms with Crippen molar-refractivity contribution in [3.63, 3.8) is 0 Å². The van der Waals surface area contributed by atoms with Crippen molar-refractivity contribution in [2.75, 3.05) is 5.32 Å². The Hall–Kier alpha value is -1.62. The monoisotopic (exact) mass is 274 g/mol. The van der Waals surface area contributed by atoms with Crippen LogP contribution in [0.3, 0.4) is 0 Å². The minimum atomic E-state index is -0.818. The fourth-order valence-corrected chi connectivity index (χ4v) is 3.64. The fraction of sp³-hybridized carbons (Fsp3) is 0.357. The van der Waals surface area contributed by atoms with Gasteiger partial charge in [-0.2, -0.15) is 0 Å². The van der Waals surface area contributed by atoms with Crippen molar-refractivity contribution < 1.29 is 9.59 Å². The molecule has 2 amide bonds. The van der Waals surface area contributed by atoms with Gasteiger partial charge < -0.3 is 5.32 Å². The molecule has 5 heteroatoms. The molecule has 1 atom stereocenters. The van der Waals surface area contributed by atoms with Crippen molar-refractivity contribution in [2.45, 2.75) is 30.9 Å². The SMILES string of the molecule is CCCCC12SC(=O)N=C1c1ccccc1NC2=O. The molecule has 0 radical (unpaired) electrons. The summed E-state index contributed by atoms with van der Waals surface area (Å²) in [5.41, 5.74) is 2.25. The van der Waals surface area contributed by atoms with Gasteiger partial charge in [0.25, 0.3) is 0 Å². The third kappa shape index (κ3) is 1.80. The molecule has 4 nitrogen and oxygen atoms in total. The van der Waals surface area contributed by atoms with E-state index in [0.29, 0.717) is 12.1 Å². The Morgan fingerprint density at radius 1 is 1.32 bits per heavy atom. The van der Waals surface area contributed by atoms with Gasteiger partial charge in [-0.05, 0) is 24.2 Å². The van der Waals surface area contributed by atoms with Crippen LogP contribution in [0.15, 0.2) is 29.3 Å². The third-order valence-corrected chi connectivity index (χ3v) is 4.72. The van der Waals surface area contributed by atoms with E-state index in [4.69, 9.17) is 0 Å². The maximum atomic E-state index is 12.4. The molecule has 98 valence electrons. The number of nitrogens with zero attached hydrogens (tertiary/aromatic N) is 1. The van der Waals surface area contributed by atoms with Gasteiger partial charge in [0.1, 0.15) is 4.75 Å². The van der Waals surface area contributed by atoms with Crippen LogP contribution in [0.5, 0.6) is 0 Å². The topological polar surface area (TPSA) is 58.5 Å². The summed E-state index contributed by atoms with van der Waals surface area (Å²) in [7, 11) is 0. The molecule has 0 bridgehead atoms. The van der Waals surface area contributed by atoms with E-state index in [2.05, 4.69) is 17.2 Å². The lowest BCUT2D eigenvalue weighted by molar-refractivity contribution is -0.117. The summed E-state index contributed by atoms with van der Waals surface area (Å²) in [5.74, 6) is -0.116. The Balaban J connectivity index is 2.13. The molecule has 0 spiro atoms. The molecule has 2 heterocycles. The minimum Gasteiger partial charge on any atom is -0.324 e. The van der Waals surface area contributed by atoms with Crippen molar-refractivity contribution >= 4 is 34.3 Å². The van der Waals surface area contributed by atoms with Crippen LogP contribution >= 0.6 is 11.8 Å². The number of fused-ring (bicyclic) bond motifs is 3. The Bertz CT molecular complexity index is 597. The maximum absolute atomic E-state index is 12.4. The average molecular weight is 274 g/mol. The van der Waals surface area contributed by atoms with Gasteiger partial charge in [-0.25, -0.2) is 4.99 Å². The largest absolute Gasteiger partial charge is 0.324 e. The summed E-state index contributed by atoms with van der Waals surface area (Å²) in [6.07, 6.45) is 2.53. The molecule has 1 aromatic rings. The van der Waals surface area contributed by atoms with Gasteiger partial charge >= 0.3 is 5.24 Å². The van der Waals surface area contributed by atoms with Gasteiger partial charge in [0.05, 0.1) is 5.71 Å². The highest BCUT2D eigenvalue weighted by molar-refractivity contribution is 8.16. The number of anilines is 1. The molecule has 0 saturated heterocycles. The normalized spacial score (nSPS) is 24.6. The molecular formula is C14H14N2O2S. The number of nitrogens with one attached hydrogen (secondary N) is 1. The number of thioether (sulfide) groups is 1. The van der Waals surface area contributed by atoms with Crippen LogP contribution in [0.25, 0.3) is 0 Å². The van der Waals surface area contributed by atoms with E-state index < -0.39 is 4.75 Å². The minimum absolute atomic E-state index is 0.116. The lowest BCUT2D eigenvalue weighted by Gasteiger charge is -2.33. The maximum Gasteiger partial charge on any atom is 0.306 e. The molecule has 1 unspecified atom stereocenters. The van der Waals surface area contributed by atoms with Crippen LogP contribution in [0.4, 0.5) is 10.5 Å². The van der Waals surface area contributed by atoms with Gasteiger partial charge in [-0.3, -0.25) is 9.59 Å². The van der Waals surface area contributed by atoms with Crippen molar-refractivity contribution in [1.82, 2.24) is 0 Å². The molecule has 0 saturated carbocycles. The van der Waals surface area contributed by atoms with E-state index >= 15 is 0 Å². The molecule has 3 rings (SSSR count). The predicted octanol–water partition coefficient (Wildman–Crippen LogP) is 3.22. The first-order chi connectivity index (χ1) is 9.17. The van der Waals surface area contributed by atoms with Gasteiger partial charge in [0, 0.05) is 11.3 Å². The van der Waals surface area contributed by atoms with E-state index in [1.54, 1.807) is 0 Å². The summed E-state index contributed by atoms with van der Waals surface area (Å²) in [5, 5.41) is 2.64. The van der Waals surface area contributed by atoms with Gasteiger partial charge in [-0.15, -0.1) is 0 Å². The molecule has 2 aliphatic heterocycles. The van der Waals surface area contributed by atoms with Crippen LogP contribution in [0.2, 0.25) is 0 Å². The average Bonchev–Trinajstić information content (AvgIpc) is 2.75. The van der Waals surface area contributed by atoms with Gasteiger partial charge in [-0.1, -0.05) is 38.0 Å². The number of carbonyl (C=O) groups is 2. The van der Waals surface area contributed by atoms with Crippen LogP contribution < -0.4 is 5.32 Å². The highest BCUT2D eigenvalue weighted by Crippen LogP contribution is 2.46. The number of para-hydroxylation sites is 1. The van der Waals surface area contributed by atoms with Crippen molar-refractivity contribution in [3.8, 4) is 0 Å². The highest BCUT2D eigenvalue weighted by Gasteiger charge is 2.53. The molecule has 2 aliphatic rings. The van der Waals surface area contributed by atoms with E-state index in [1.807, 2.05) is 24.3 Å². The first-order valence-electron chi connectivity index (χ1n) is 6.40. The Morgan fingerprint density at radius 2 is 2.11 bits per heavy atom. The molecule has 1 N–H and O–H groups in total. The molecule has 0 aromatic heterocycles. The molecule has 19 heavy (non-hydrogen) atoms. The number of unbranched alkanes of at least 4 members (excludes halogenated alkanes) is 1. The zero-order chi connectivity index (χ0) is 13.5. The number of hydrogen-bond acceptors (Lipinski definition) is 3. The number of rotatable bonds is 3. The second-order valence-electron chi connectivity index (χ2n) is 4.76. The zero-order valence-electron chi connectivity index (χ0n) is 10.6. The lowest BCUT2D eigenvalue weighted by atomic mass is 9.86. The number of hydrogen-bond donors (Lipinski definition) is 1. The standard InChI is InChI=1S/C14H14N2O2S/c1-2-3-8-14-11(16-13(18)19-14)9-6-4-5-7-10(9)15-12(14)17/h4-7H,2-3,8H2,1H3,(H,15,17). The van der Waals surface area contributed by atoms with Crippen LogP contribution in [0.1, 0.15) is 31.7 Å². The summed E-state index contributed by atoms with van der Waals surface area (Å²) < 4.78 is -0.818. The van der Waals surface area contributed by atoms with E-state index in [0.717, 1.165) is 35.9 Å². The second-order valence-corrected chi connectivity index (χ2v) is 6.01. The summed E-state index contributed by atoms with van der Waals surface area (Å²) >= 11 is 1.05. The first kappa shape index (κ1) is 12.4. The van der Waals surface area contributed by atoms with Crippen LogP contribution in [-0.4, -0.2) is 21.6 Å². The summed E-state index contributed by atoms with van der Waals surface area (Å²) in [6.45, 7) is 2.07. The van der Waals surface area contributed by atoms with Gasteiger partial charge in [0.15, 0.2) is 0 Å². The number of carbonyl (C=O) groups excluding carboxylic acids is 2. The predicted molar refractivity (Wildman–Crippen MR) is 76.9 cm³/mol. The Labute approximate surface area is 115 Å². The quantitative estimate of drug-likeness (QED) is 0.920. The zero-order valence-corrected chi connectivity index (χ0v) is 11.4.